The summed E-state index contributed by atoms with van der Waals surface area (Å²) in [6.07, 6.45) is -0.612. The lowest BCUT2D eigenvalue weighted by Crippen LogP contribution is -2.53. The molecule has 0 aliphatic carbocycles. The normalized spacial score (nSPS) is 20.4. The van der Waals surface area contributed by atoms with Crippen LogP contribution in [0.25, 0.3) is 0 Å². The molecule has 2 aliphatic heterocycles. The van der Waals surface area contributed by atoms with Gasteiger partial charge in [-0.2, -0.15) is 0 Å². The third kappa shape index (κ3) is 7.35. The number of fused-ring (bicyclic) bond motifs is 1. The molecule has 0 unspecified atom stereocenters. The number of aliphatic hydroxyl groups excluding tert-OH is 1. The van der Waals surface area contributed by atoms with Crippen molar-refractivity contribution in [3.63, 3.8) is 0 Å². The summed E-state index contributed by atoms with van der Waals surface area (Å²) < 4.78 is 22.9. The number of methoxy groups -OCH3 is 2. The predicted octanol–water partition coefficient (Wildman–Crippen LogP) is 2.32. The zero-order valence-corrected chi connectivity index (χ0v) is 23.1. The van der Waals surface area contributed by atoms with Crippen LogP contribution in [0.15, 0.2) is 42.5 Å². The van der Waals surface area contributed by atoms with E-state index in [1.807, 2.05) is 36.4 Å². The zero-order chi connectivity index (χ0) is 28.5. The van der Waals surface area contributed by atoms with E-state index in [1.54, 1.807) is 14.2 Å². The first-order valence-corrected chi connectivity index (χ1v) is 13.5. The molecular weight excluding hydrogens is 518 g/mol. The largest absolute Gasteiger partial charge is 0.497 e. The molecule has 40 heavy (non-hydrogen) atoms. The Morgan fingerprint density at radius 3 is 2.62 bits per heavy atom. The first-order chi connectivity index (χ1) is 19.4. The van der Waals surface area contributed by atoms with E-state index in [1.165, 1.54) is 4.90 Å². The highest BCUT2D eigenvalue weighted by atomic mass is 16.5. The zero-order valence-electron chi connectivity index (χ0n) is 23.1. The summed E-state index contributed by atoms with van der Waals surface area (Å²) in [7, 11) is 3.30. The fourth-order valence-corrected chi connectivity index (χ4v) is 5.47. The van der Waals surface area contributed by atoms with Gasteiger partial charge < -0.3 is 44.3 Å². The number of nitrogens with one attached hydrogen (secondary N) is 1. The Hall–Kier alpha value is -3.54. The number of hydrogen-bond donors (Lipinski definition) is 3. The van der Waals surface area contributed by atoms with E-state index in [4.69, 9.17) is 18.9 Å². The van der Waals surface area contributed by atoms with Gasteiger partial charge in [-0.1, -0.05) is 18.2 Å². The molecule has 218 valence electrons. The Bertz CT molecular complexity index is 1130. The topological polar surface area (TPSA) is 130 Å². The average Bonchev–Trinajstić information content (AvgIpc) is 2.98. The number of nitrogens with zero attached hydrogens (tertiary/aromatic N) is 2. The van der Waals surface area contributed by atoms with Gasteiger partial charge in [0.05, 0.1) is 38.6 Å². The Labute approximate surface area is 234 Å². The highest BCUT2D eigenvalue weighted by Gasteiger charge is 2.40. The lowest BCUT2D eigenvalue weighted by Gasteiger charge is -2.43. The number of carbonyl (C=O) groups excluding carboxylic acids is 1. The minimum Gasteiger partial charge on any atom is -0.497 e. The standard InChI is InChI=1S/C29H39N3O8/c1-37-12-3-10-31-11-13-39-25-9-4-20(14-24(25)31)19-40-26-17-32(29(35)36)16-22(15-30-27(34)18-33)28(26)21-5-7-23(38-2)8-6-21/h4-9,14,22,26,28,33H,3,10-13,15-19H2,1-2H3,(H,30,34)(H,35,36)/t22-,26+,28+/m1/s1. The number of carbonyl (C=O) groups is 2. The molecule has 11 heteroatoms. The molecule has 0 saturated carbocycles. The molecule has 1 fully saturated rings. The van der Waals surface area contributed by atoms with Crippen molar-refractivity contribution in [2.45, 2.75) is 25.0 Å². The summed E-state index contributed by atoms with van der Waals surface area (Å²) in [5.41, 5.74) is 2.92. The van der Waals surface area contributed by atoms with Crippen LogP contribution in [-0.4, -0.2) is 100.0 Å². The molecule has 1 saturated heterocycles. The third-order valence-corrected chi connectivity index (χ3v) is 7.46. The number of likely N-dealkylation sites (tertiary alicyclic amines) is 1. The molecule has 0 bridgehead atoms. The molecule has 11 nitrogen and oxygen atoms in total. The molecule has 0 radical (unpaired) electrons. The third-order valence-electron chi connectivity index (χ3n) is 7.46. The van der Waals surface area contributed by atoms with Gasteiger partial charge in [-0.15, -0.1) is 0 Å². The fourth-order valence-electron chi connectivity index (χ4n) is 5.47. The highest BCUT2D eigenvalue weighted by molar-refractivity contribution is 5.76. The van der Waals surface area contributed by atoms with Crippen molar-refractivity contribution < 1.29 is 38.7 Å². The predicted molar refractivity (Wildman–Crippen MR) is 148 cm³/mol. The summed E-state index contributed by atoms with van der Waals surface area (Å²) >= 11 is 0. The number of ether oxygens (including phenoxy) is 4. The molecule has 2 aromatic carbocycles. The second-order valence-electron chi connectivity index (χ2n) is 10.0. The number of carboxylic acid groups (broad SMARTS) is 1. The first kappa shape index (κ1) is 29.4. The Balaban J connectivity index is 1.57. The molecular formula is C29H39N3O8. The van der Waals surface area contributed by atoms with Gasteiger partial charge in [0.1, 0.15) is 24.7 Å². The lowest BCUT2D eigenvalue weighted by atomic mass is 9.78. The van der Waals surface area contributed by atoms with Gasteiger partial charge in [0.2, 0.25) is 5.91 Å². The summed E-state index contributed by atoms with van der Waals surface area (Å²) in [4.78, 5) is 27.5. The van der Waals surface area contributed by atoms with E-state index in [2.05, 4.69) is 16.3 Å². The Kier molecular flexibility index (Phi) is 10.5. The van der Waals surface area contributed by atoms with Gasteiger partial charge in [-0.05, 0) is 41.8 Å². The molecule has 0 spiro atoms. The summed E-state index contributed by atoms with van der Waals surface area (Å²) in [6.45, 7) is 3.21. The van der Waals surface area contributed by atoms with Gasteiger partial charge in [0.15, 0.2) is 0 Å². The minimum atomic E-state index is -1.04. The number of amides is 2. The van der Waals surface area contributed by atoms with Crippen LogP contribution >= 0.6 is 0 Å². The average molecular weight is 558 g/mol. The maximum atomic E-state index is 12.0. The summed E-state index contributed by atoms with van der Waals surface area (Å²) in [6, 6.07) is 13.6. The first-order valence-electron chi connectivity index (χ1n) is 13.5. The number of hydrogen-bond acceptors (Lipinski definition) is 8. The van der Waals surface area contributed by atoms with Crippen LogP contribution in [0, 0.1) is 5.92 Å². The fraction of sp³-hybridized carbons (Fsp3) is 0.517. The molecule has 2 heterocycles. The van der Waals surface area contributed by atoms with Crippen molar-refractivity contribution in [1.29, 1.82) is 0 Å². The second kappa shape index (κ2) is 14.2. The van der Waals surface area contributed by atoms with Gasteiger partial charge in [-0.25, -0.2) is 4.79 Å². The maximum absolute atomic E-state index is 12.0. The van der Waals surface area contributed by atoms with Crippen molar-refractivity contribution in [3.8, 4) is 11.5 Å². The van der Waals surface area contributed by atoms with Gasteiger partial charge in [0.25, 0.3) is 0 Å². The van der Waals surface area contributed by atoms with Gasteiger partial charge >= 0.3 is 6.09 Å². The van der Waals surface area contributed by atoms with Crippen LogP contribution in [-0.2, 0) is 20.9 Å². The van der Waals surface area contributed by atoms with Gasteiger partial charge in [0, 0.05) is 45.2 Å². The Morgan fingerprint density at radius 2 is 1.93 bits per heavy atom. The van der Waals surface area contributed by atoms with E-state index < -0.39 is 24.7 Å². The molecule has 3 atom stereocenters. The van der Waals surface area contributed by atoms with Crippen LogP contribution in [0.1, 0.15) is 23.5 Å². The molecule has 2 aliphatic rings. The van der Waals surface area contributed by atoms with Crippen LogP contribution in [0.4, 0.5) is 10.5 Å². The van der Waals surface area contributed by atoms with E-state index in [-0.39, 0.29) is 38.1 Å². The van der Waals surface area contributed by atoms with Crippen molar-refractivity contribution in [1.82, 2.24) is 10.2 Å². The summed E-state index contributed by atoms with van der Waals surface area (Å²) in [5, 5.41) is 21.8. The summed E-state index contributed by atoms with van der Waals surface area (Å²) in [5.74, 6) is 0.558. The number of piperidine rings is 1. The van der Waals surface area contributed by atoms with Crippen molar-refractivity contribution in [2.75, 3.05) is 71.7 Å². The second-order valence-corrected chi connectivity index (χ2v) is 10.0. The van der Waals surface area contributed by atoms with Crippen LogP contribution in [0.5, 0.6) is 11.5 Å². The molecule has 0 aromatic heterocycles. The van der Waals surface area contributed by atoms with E-state index in [9.17, 15) is 19.8 Å². The quantitative estimate of drug-likeness (QED) is 0.337. The molecule has 2 aromatic rings. The minimum absolute atomic E-state index is 0.188. The molecule has 3 N–H and O–H groups in total. The SMILES string of the molecule is COCCCN1CCOc2ccc(CO[C@H]3CN(C(=O)O)C[C@@H](CNC(=O)CO)[C@@H]3c3ccc(OC)cc3)cc21. The van der Waals surface area contributed by atoms with Crippen molar-refractivity contribution >= 4 is 17.7 Å². The van der Waals surface area contributed by atoms with Crippen molar-refractivity contribution in [2.24, 2.45) is 5.92 Å². The van der Waals surface area contributed by atoms with Crippen LogP contribution in [0.2, 0.25) is 0 Å². The number of aliphatic hydroxyl groups is 1. The van der Waals surface area contributed by atoms with Crippen molar-refractivity contribution in [3.05, 3.63) is 53.6 Å². The smallest absolute Gasteiger partial charge is 0.407 e. The number of benzene rings is 2. The van der Waals surface area contributed by atoms with E-state index >= 15 is 0 Å². The number of rotatable bonds is 12. The Morgan fingerprint density at radius 1 is 1.12 bits per heavy atom. The molecule has 2 amide bonds. The van der Waals surface area contributed by atoms with E-state index in [0.29, 0.717) is 19.0 Å². The lowest BCUT2D eigenvalue weighted by molar-refractivity contribution is -0.124. The molecule has 4 rings (SSSR count). The van der Waals surface area contributed by atoms with Crippen LogP contribution < -0.4 is 19.7 Å². The van der Waals surface area contributed by atoms with Crippen LogP contribution in [0.3, 0.4) is 0 Å². The maximum Gasteiger partial charge on any atom is 0.407 e. The van der Waals surface area contributed by atoms with E-state index in [0.717, 1.165) is 42.1 Å². The highest BCUT2D eigenvalue weighted by Crippen LogP contribution is 2.37. The van der Waals surface area contributed by atoms with Gasteiger partial charge in [-0.3, -0.25) is 4.79 Å². The monoisotopic (exact) mass is 557 g/mol. The number of anilines is 1.